The number of rotatable bonds is 5. The van der Waals surface area contributed by atoms with Gasteiger partial charge in [0.1, 0.15) is 0 Å². The van der Waals surface area contributed by atoms with Crippen molar-refractivity contribution >= 4 is 11.7 Å². The Morgan fingerprint density at radius 2 is 1.81 bits per heavy atom. The van der Waals surface area contributed by atoms with Gasteiger partial charge < -0.3 is 14.6 Å². The van der Waals surface area contributed by atoms with Crippen LogP contribution in [0.25, 0.3) is 5.57 Å². The molecule has 1 N–H and O–H groups in total. The van der Waals surface area contributed by atoms with Gasteiger partial charge in [0.15, 0.2) is 0 Å². The van der Waals surface area contributed by atoms with Crippen LogP contribution < -0.4 is 5.48 Å². The molecule has 7 rings (SSSR count). The Balaban J connectivity index is 0.915. The summed E-state index contributed by atoms with van der Waals surface area (Å²) in [6.45, 7) is 9.96. The van der Waals surface area contributed by atoms with Gasteiger partial charge in [-0.3, -0.25) is 4.98 Å². The second kappa shape index (κ2) is 11.7. The minimum Gasteiger partial charge on any atom is -0.354 e. The molecule has 2 saturated heterocycles. The molecule has 1 aromatic rings. The predicted octanol–water partition coefficient (Wildman–Crippen LogP) is 7.25. The van der Waals surface area contributed by atoms with E-state index < -0.39 is 0 Å². The molecule has 6 heteroatoms. The van der Waals surface area contributed by atoms with Crippen LogP contribution in [0.3, 0.4) is 0 Å². The molecule has 0 aromatic carbocycles. The summed E-state index contributed by atoms with van der Waals surface area (Å²) >= 11 is 0. The van der Waals surface area contributed by atoms with Gasteiger partial charge in [0, 0.05) is 38.1 Å². The van der Waals surface area contributed by atoms with E-state index in [0.717, 1.165) is 50.2 Å². The number of piperidine rings is 2. The summed E-state index contributed by atoms with van der Waals surface area (Å²) in [5, 5.41) is 0. The zero-order valence-electron chi connectivity index (χ0n) is 26.0. The van der Waals surface area contributed by atoms with Crippen LogP contribution in [-0.4, -0.2) is 59.6 Å². The molecule has 42 heavy (non-hydrogen) atoms. The molecular weight excluding hydrogens is 520 g/mol. The number of likely N-dealkylation sites (tertiary alicyclic amines) is 2. The lowest BCUT2D eigenvalue weighted by Crippen LogP contribution is -2.50. The molecule has 0 bridgehead atoms. The number of hydrogen-bond acceptors (Lipinski definition) is 5. The van der Waals surface area contributed by atoms with Crippen LogP contribution in [0.15, 0.2) is 42.3 Å². The Labute approximate surface area is 253 Å². The zero-order chi connectivity index (χ0) is 28.7. The first kappa shape index (κ1) is 28.6. The molecule has 1 aromatic heterocycles. The molecule has 3 heterocycles. The fraction of sp³-hybridized carbons (Fsp3) is 0.722. The number of nitrogens with zero attached hydrogens (tertiary/aromatic N) is 3. The number of allylic oxidation sites excluding steroid dienone is 3. The third kappa shape index (κ3) is 5.15. The van der Waals surface area contributed by atoms with Gasteiger partial charge in [-0.1, -0.05) is 44.1 Å². The number of carbonyl (C=O) groups is 1. The molecule has 0 radical (unpaired) electrons. The molecule has 6 aliphatic rings. The lowest BCUT2D eigenvalue weighted by molar-refractivity contribution is -0.0254. The molecule has 228 valence electrons. The van der Waals surface area contributed by atoms with Gasteiger partial charge in [-0.05, 0) is 135 Å². The highest BCUT2D eigenvalue weighted by Gasteiger charge is 2.57. The average molecular weight is 573 g/mol. The SMILES string of the molecule is C[C@]12CCC(CNOC(=O)N3CCC(N4CCCCC4)CC3)C=C1CC[C@H]1[C@@H]2CC[C@]2(C)C(c3cccnc3)=CC[C@@H]12. The van der Waals surface area contributed by atoms with Crippen LogP contribution in [0.2, 0.25) is 0 Å². The van der Waals surface area contributed by atoms with Gasteiger partial charge in [-0.2, -0.15) is 5.48 Å². The third-order valence-electron chi connectivity index (χ3n) is 12.9. The highest BCUT2D eigenvalue weighted by atomic mass is 16.7. The molecule has 0 spiro atoms. The second-order valence-corrected chi connectivity index (χ2v) is 14.9. The van der Waals surface area contributed by atoms with Crippen LogP contribution in [-0.2, 0) is 4.84 Å². The van der Waals surface area contributed by atoms with Gasteiger partial charge in [0.25, 0.3) is 0 Å². The number of hydrogen-bond donors (Lipinski definition) is 1. The quantitative estimate of drug-likeness (QED) is 0.298. The summed E-state index contributed by atoms with van der Waals surface area (Å²) in [7, 11) is 0. The van der Waals surface area contributed by atoms with Crippen molar-refractivity contribution in [3.63, 3.8) is 0 Å². The number of hydroxylamine groups is 1. The zero-order valence-corrected chi connectivity index (χ0v) is 26.0. The molecule has 1 amide bonds. The fourth-order valence-corrected chi connectivity index (χ4v) is 10.5. The van der Waals surface area contributed by atoms with E-state index in [1.807, 2.05) is 11.1 Å². The first-order valence-corrected chi connectivity index (χ1v) is 17.2. The summed E-state index contributed by atoms with van der Waals surface area (Å²) in [5.41, 5.74) is 8.28. The van der Waals surface area contributed by atoms with E-state index in [0.29, 0.717) is 17.4 Å². The highest BCUT2D eigenvalue weighted by Crippen LogP contribution is 2.66. The first-order chi connectivity index (χ1) is 20.5. The normalized spacial score (nSPS) is 37.2. The van der Waals surface area contributed by atoms with Crippen LogP contribution in [0.4, 0.5) is 4.79 Å². The van der Waals surface area contributed by atoms with Gasteiger partial charge in [-0.15, -0.1) is 0 Å². The Kier molecular flexibility index (Phi) is 7.98. The monoisotopic (exact) mass is 572 g/mol. The lowest BCUT2D eigenvalue weighted by Gasteiger charge is -2.58. The number of nitrogens with one attached hydrogen (secondary N) is 1. The maximum atomic E-state index is 12.8. The van der Waals surface area contributed by atoms with Gasteiger partial charge >= 0.3 is 6.09 Å². The maximum absolute atomic E-state index is 12.8. The van der Waals surface area contributed by atoms with Crippen molar-refractivity contribution in [3.05, 3.63) is 47.8 Å². The van der Waals surface area contributed by atoms with E-state index in [1.54, 1.807) is 11.1 Å². The van der Waals surface area contributed by atoms with E-state index in [4.69, 9.17) is 4.84 Å². The van der Waals surface area contributed by atoms with Crippen LogP contribution in [0.5, 0.6) is 0 Å². The van der Waals surface area contributed by atoms with Crippen LogP contribution in [0, 0.1) is 34.5 Å². The fourth-order valence-electron chi connectivity index (χ4n) is 10.5. The summed E-state index contributed by atoms with van der Waals surface area (Å²) in [5.74, 6) is 2.80. The minimum absolute atomic E-state index is 0.193. The van der Waals surface area contributed by atoms with Crippen molar-refractivity contribution in [1.82, 2.24) is 20.3 Å². The molecule has 2 saturated carbocycles. The van der Waals surface area contributed by atoms with Crippen LogP contribution >= 0.6 is 0 Å². The van der Waals surface area contributed by atoms with Gasteiger partial charge in [0.2, 0.25) is 0 Å². The Hall–Kier alpha value is -2.18. The number of carbonyl (C=O) groups excluding carboxylic acids is 1. The topological polar surface area (TPSA) is 57.7 Å². The van der Waals surface area contributed by atoms with Crippen molar-refractivity contribution in [2.75, 3.05) is 32.7 Å². The molecule has 1 unspecified atom stereocenters. The Bertz CT molecular complexity index is 1180. The van der Waals surface area contributed by atoms with Gasteiger partial charge in [-0.25, -0.2) is 4.79 Å². The van der Waals surface area contributed by atoms with E-state index in [1.165, 1.54) is 82.9 Å². The van der Waals surface area contributed by atoms with Crippen molar-refractivity contribution in [2.45, 2.75) is 96.9 Å². The molecule has 2 aliphatic heterocycles. The predicted molar refractivity (Wildman–Crippen MR) is 167 cm³/mol. The third-order valence-corrected chi connectivity index (χ3v) is 12.9. The summed E-state index contributed by atoms with van der Waals surface area (Å²) < 4.78 is 0. The Morgan fingerprint density at radius 3 is 2.60 bits per heavy atom. The summed E-state index contributed by atoms with van der Waals surface area (Å²) in [6.07, 6.45) is 23.9. The van der Waals surface area contributed by atoms with Crippen molar-refractivity contribution < 1.29 is 9.63 Å². The van der Waals surface area contributed by atoms with Gasteiger partial charge in [0.05, 0.1) is 0 Å². The van der Waals surface area contributed by atoms with Crippen LogP contribution in [0.1, 0.15) is 96.5 Å². The average Bonchev–Trinajstić information content (AvgIpc) is 3.39. The molecule has 6 nitrogen and oxygen atoms in total. The summed E-state index contributed by atoms with van der Waals surface area (Å²) in [4.78, 5) is 27.4. The van der Waals surface area contributed by atoms with E-state index >= 15 is 0 Å². The van der Waals surface area contributed by atoms with E-state index in [-0.39, 0.29) is 11.5 Å². The summed E-state index contributed by atoms with van der Waals surface area (Å²) in [6, 6.07) is 4.99. The van der Waals surface area contributed by atoms with E-state index in [2.05, 4.69) is 59.7 Å². The maximum Gasteiger partial charge on any atom is 0.428 e. The molecule has 4 aliphatic carbocycles. The van der Waals surface area contributed by atoms with Crippen molar-refractivity contribution in [3.8, 4) is 0 Å². The van der Waals surface area contributed by atoms with E-state index in [9.17, 15) is 4.79 Å². The molecule has 4 fully saturated rings. The molecular formula is C36H52N4O2. The number of amides is 1. The largest absolute Gasteiger partial charge is 0.428 e. The number of fused-ring (bicyclic) bond motifs is 5. The van der Waals surface area contributed by atoms with Crippen molar-refractivity contribution in [2.24, 2.45) is 34.5 Å². The minimum atomic E-state index is -0.193. The number of aromatic nitrogens is 1. The second-order valence-electron chi connectivity index (χ2n) is 14.9. The standard InChI is InChI=1S/C36H52N4O2/c1-35-16-12-26(24-38-42-34(41)40-21-14-29(15-22-40)39-19-4-3-5-20-39)23-28(35)8-9-30-32-11-10-31(27-7-6-18-37-25-27)36(32,2)17-13-33(30)35/h6-7,10,18,23,25-26,29-30,32-33,38H,3-5,8-9,11-17,19-22,24H2,1-2H3/t26?,30-,32+,33+,35+,36-/m1/s1. The lowest BCUT2D eigenvalue weighted by atomic mass is 9.46. The molecule has 6 atom stereocenters. The highest BCUT2D eigenvalue weighted by molar-refractivity contribution is 5.72. The van der Waals surface area contributed by atoms with Crippen molar-refractivity contribution in [1.29, 1.82) is 0 Å². The smallest absolute Gasteiger partial charge is 0.354 e. The Morgan fingerprint density at radius 1 is 1.00 bits per heavy atom. The number of pyridine rings is 1. The first-order valence-electron chi connectivity index (χ1n) is 17.2.